The molecule has 0 aliphatic carbocycles. The van der Waals surface area contributed by atoms with Crippen LogP contribution in [0.25, 0.3) is 0 Å². The van der Waals surface area contributed by atoms with Gasteiger partial charge in [0.15, 0.2) is 5.69 Å². The highest BCUT2D eigenvalue weighted by molar-refractivity contribution is 6.32. The number of halogens is 1. The summed E-state index contributed by atoms with van der Waals surface area (Å²) in [5.74, 6) is 1.06. The van der Waals surface area contributed by atoms with Crippen molar-refractivity contribution >= 4 is 23.2 Å². The summed E-state index contributed by atoms with van der Waals surface area (Å²) >= 11 is 6.02. The number of aromatic nitrogens is 1. The van der Waals surface area contributed by atoms with Gasteiger partial charge in [-0.1, -0.05) is 16.8 Å². The third-order valence-electron chi connectivity index (χ3n) is 3.09. The smallest absolute Gasteiger partial charge is 0.278 e. The van der Waals surface area contributed by atoms with Gasteiger partial charge in [0.2, 0.25) is 0 Å². The number of ether oxygens (including phenoxy) is 2. The van der Waals surface area contributed by atoms with E-state index in [1.54, 1.807) is 26.0 Å². The van der Waals surface area contributed by atoms with Gasteiger partial charge in [-0.25, -0.2) is 0 Å². The Morgan fingerprint density at radius 2 is 1.90 bits per heavy atom. The standard InChI is InChI=1S/C14H15ClN2O4/c1-7-8(2)21-17-13(7)14(18)16-10-6-11(19-3)9(15)5-12(10)20-4/h5-6H,1-4H3,(H,16,18). The Morgan fingerprint density at radius 1 is 1.24 bits per heavy atom. The van der Waals surface area contributed by atoms with E-state index >= 15 is 0 Å². The second-order valence-corrected chi connectivity index (χ2v) is 4.76. The number of amides is 1. The van der Waals surface area contributed by atoms with Gasteiger partial charge in [0, 0.05) is 17.7 Å². The molecule has 1 aromatic carbocycles. The highest BCUT2D eigenvalue weighted by Gasteiger charge is 2.19. The van der Waals surface area contributed by atoms with Gasteiger partial charge < -0.3 is 19.3 Å². The monoisotopic (exact) mass is 310 g/mol. The molecule has 0 spiro atoms. The largest absolute Gasteiger partial charge is 0.495 e. The molecule has 1 heterocycles. The fraction of sp³-hybridized carbons (Fsp3) is 0.286. The molecule has 2 rings (SSSR count). The average molecular weight is 311 g/mol. The van der Waals surface area contributed by atoms with Crippen LogP contribution in [-0.2, 0) is 0 Å². The molecule has 0 aliphatic rings. The van der Waals surface area contributed by atoms with E-state index in [0.29, 0.717) is 33.5 Å². The van der Waals surface area contributed by atoms with Gasteiger partial charge in [-0.3, -0.25) is 4.79 Å². The molecule has 0 saturated heterocycles. The molecule has 1 amide bonds. The molecule has 0 bridgehead atoms. The lowest BCUT2D eigenvalue weighted by Crippen LogP contribution is -2.14. The van der Waals surface area contributed by atoms with Gasteiger partial charge in [-0.05, 0) is 13.8 Å². The van der Waals surface area contributed by atoms with E-state index in [1.165, 1.54) is 14.2 Å². The van der Waals surface area contributed by atoms with Crippen molar-refractivity contribution in [2.75, 3.05) is 19.5 Å². The van der Waals surface area contributed by atoms with Crippen molar-refractivity contribution in [2.45, 2.75) is 13.8 Å². The minimum absolute atomic E-state index is 0.225. The molecule has 0 unspecified atom stereocenters. The van der Waals surface area contributed by atoms with E-state index in [4.69, 9.17) is 25.6 Å². The molecular weight excluding hydrogens is 296 g/mol. The molecule has 6 nitrogen and oxygen atoms in total. The van der Waals surface area contributed by atoms with Crippen LogP contribution in [0.1, 0.15) is 21.8 Å². The summed E-state index contributed by atoms with van der Waals surface area (Å²) < 4.78 is 15.3. The van der Waals surface area contributed by atoms with Gasteiger partial charge in [-0.2, -0.15) is 0 Å². The number of nitrogens with zero attached hydrogens (tertiary/aromatic N) is 1. The van der Waals surface area contributed by atoms with Gasteiger partial charge in [0.1, 0.15) is 17.3 Å². The number of nitrogens with one attached hydrogen (secondary N) is 1. The van der Waals surface area contributed by atoms with Crippen LogP contribution in [0.2, 0.25) is 5.02 Å². The van der Waals surface area contributed by atoms with Crippen molar-refractivity contribution < 1.29 is 18.8 Å². The maximum absolute atomic E-state index is 12.2. The Balaban J connectivity index is 2.34. The highest BCUT2D eigenvalue weighted by Crippen LogP contribution is 2.36. The lowest BCUT2D eigenvalue weighted by Gasteiger charge is -2.12. The third kappa shape index (κ3) is 2.95. The van der Waals surface area contributed by atoms with Crippen LogP contribution in [0.3, 0.4) is 0 Å². The predicted octanol–water partition coefficient (Wildman–Crippen LogP) is 3.21. The maximum atomic E-state index is 12.2. The van der Waals surface area contributed by atoms with Gasteiger partial charge in [0.05, 0.1) is 24.9 Å². The van der Waals surface area contributed by atoms with Crippen molar-refractivity contribution in [3.63, 3.8) is 0 Å². The first kappa shape index (κ1) is 15.2. The van der Waals surface area contributed by atoms with Crippen LogP contribution >= 0.6 is 11.6 Å². The number of aryl methyl sites for hydroxylation is 1. The molecule has 0 radical (unpaired) electrons. The number of carbonyl (C=O) groups is 1. The lowest BCUT2D eigenvalue weighted by atomic mass is 10.2. The summed E-state index contributed by atoms with van der Waals surface area (Å²) in [6, 6.07) is 3.15. The Bertz CT molecular complexity index is 682. The SMILES string of the molecule is COc1cc(NC(=O)c2noc(C)c2C)c(OC)cc1Cl. The molecule has 21 heavy (non-hydrogen) atoms. The van der Waals surface area contributed by atoms with Gasteiger partial charge >= 0.3 is 0 Å². The Morgan fingerprint density at radius 3 is 2.43 bits per heavy atom. The molecule has 112 valence electrons. The predicted molar refractivity (Wildman–Crippen MR) is 78.5 cm³/mol. The van der Waals surface area contributed by atoms with Crippen LogP contribution < -0.4 is 14.8 Å². The Kier molecular flexibility index (Phi) is 4.37. The third-order valence-corrected chi connectivity index (χ3v) is 3.39. The van der Waals surface area contributed by atoms with Crippen LogP contribution in [-0.4, -0.2) is 25.3 Å². The van der Waals surface area contributed by atoms with Crippen molar-refractivity contribution in [3.8, 4) is 11.5 Å². The Labute approximate surface area is 127 Å². The van der Waals surface area contributed by atoms with E-state index in [0.717, 1.165) is 0 Å². The van der Waals surface area contributed by atoms with E-state index < -0.39 is 5.91 Å². The summed E-state index contributed by atoms with van der Waals surface area (Å²) in [6.07, 6.45) is 0. The molecule has 0 fully saturated rings. The van der Waals surface area contributed by atoms with Crippen molar-refractivity contribution in [2.24, 2.45) is 0 Å². The first-order valence-corrected chi connectivity index (χ1v) is 6.51. The quantitative estimate of drug-likeness (QED) is 0.938. The first-order valence-electron chi connectivity index (χ1n) is 6.13. The summed E-state index contributed by atoms with van der Waals surface area (Å²) in [5.41, 5.74) is 1.35. The molecule has 2 aromatic rings. The molecule has 0 atom stereocenters. The summed E-state index contributed by atoms with van der Waals surface area (Å²) in [4.78, 5) is 12.2. The maximum Gasteiger partial charge on any atom is 0.278 e. The number of rotatable bonds is 4. The van der Waals surface area contributed by atoms with E-state index in [1.807, 2.05) is 0 Å². The van der Waals surface area contributed by atoms with Crippen LogP contribution in [0.4, 0.5) is 5.69 Å². The summed E-state index contributed by atoms with van der Waals surface area (Å²) in [5, 5.41) is 6.84. The number of benzene rings is 1. The molecule has 7 heteroatoms. The van der Waals surface area contributed by atoms with E-state index in [2.05, 4.69) is 10.5 Å². The highest BCUT2D eigenvalue weighted by atomic mass is 35.5. The second kappa shape index (κ2) is 6.05. The van der Waals surface area contributed by atoms with Gasteiger partial charge in [0.25, 0.3) is 5.91 Å². The molecule has 1 N–H and O–H groups in total. The fourth-order valence-electron chi connectivity index (χ4n) is 1.77. The number of anilines is 1. The topological polar surface area (TPSA) is 73.6 Å². The summed E-state index contributed by atoms with van der Waals surface area (Å²) in [6.45, 7) is 3.51. The fourth-order valence-corrected chi connectivity index (χ4v) is 2.00. The minimum atomic E-state index is -0.396. The van der Waals surface area contributed by atoms with Crippen molar-refractivity contribution in [1.82, 2.24) is 5.16 Å². The number of hydrogen-bond acceptors (Lipinski definition) is 5. The van der Waals surface area contributed by atoms with Crippen LogP contribution in [0, 0.1) is 13.8 Å². The van der Waals surface area contributed by atoms with Crippen LogP contribution in [0.15, 0.2) is 16.7 Å². The molecule has 0 aliphatic heterocycles. The zero-order valence-electron chi connectivity index (χ0n) is 12.1. The zero-order valence-corrected chi connectivity index (χ0v) is 12.9. The number of carbonyl (C=O) groups excluding carboxylic acids is 1. The number of methoxy groups -OCH3 is 2. The molecular formula is C14H15ClN2O4. The molecule has 1 aromatic heterocycles. The zero-order chi connectivity index (χ0) is 15.6. The van der Waals surface area contributed by atoms with E-state index in [9.17, 15) is 4.79 Å². The normalized spacial score (nSPS) is 10.3. The number of hydrogen-bond donors (Lipinski definition) is 1. The molecule has 0 saturated carbocycles. The first-order chi connectivity index (χ1) is 9.97. The lowest BCUT2D eigenvalue weighted by molar-refractivity contribution is 0.101. The Hall–Kier alpha value is -2.21. The summed E-state index contributed by atoms with van der Waals surface area (Å²) in [7, 11) is 2.98. The van der Waals surface area contributed by atoms with Crippen molar-refractivity contribution in [3.05, 3.63) is 34.2 Å². The minimum Gasteiger partial charge on any atom is -0.495 e. The van der Waals surface area contributed by atoms with E-state index in [-0.39, 0.29) is 5.69 Å². The van der Waals surface area contributed by atoms with Gasteiger partial charge in [-0.15, -0.1) is 0 Å². The average Bonchev–Trinajstić information content (AvgIpc) is 2.80. The van der Waals surface area contributed by atoms with Crippen molar-refractivity contribution in [1.29, 1.82) is 0 Å². The van der Waals surface area contributed by atoms with Crippen LogP contribution in [0.5, 0.6) is 11.5 Å². The second-order valence-electron chi connectivity index (χ2n) is 4.35.